The summed E-state index contributed by atoms with van der Waals surface area (Å²) < 4.78 is 41.2. The second-order valence-corrected chi connectivity index (χ2v) is 5.93. The standard InChI is InChI=1S/C11H13FO5S/c1-3-17-10(13)11(2,14)18(15,16)9-6-4-8(12)5-7-9/h4-7,14H,3H2,1-2H3. The Hall–Kier alpha value is -1.47. The van der Waals surface area contributed by atoms with Crippen molar-refractivity contribution in [2.24, 2.45) is 0 Å². The Bertz CT molecular complexity index is 533. The first-order chi connectivity index (χ1) is 8.23. The zero-order chi connectivity index (χ0) is 14.0. The summed E-state index contributed by atoms with van der Waals surface area (Å²) in [5, 5.41) is 9.81. The van der Waals surface area contributed by atoms with Crippen molar-refractivity contribution in [3.63, 3.8) is 0 Å². The van der Waals surface area contributed by atoms with E-state index >= 15 is 0 Å². The van der Waals surface area contributed by atoms with Crippen LogP contribution in [0.5, 0.6) is 0 Å². The summed E-state index contributed by atoms with van der Waals surface area (Å²) in [6.45, 7) is 2.25. The van der Waals surface area contributed by atoms with Crippen molar-refractivity contribution in [1.29, 1.82) is 0 Å². The molecule has 0 spiro atoms. The quantitative estimate of drug-likeness (QED) is 0.652. The molecule has 1 aromatic rings. The molecule has 1 atom stereocenters. The number of carbonyl (C=O) groups is 1. The molecule has 0 heterocycles. The molecule has 1 N–H and O–H groups in total. The number of aliphatic hydroxyl groups is 1. The Balaban J connectivity index is 3.21. The van der Waals surface area contributed by atoms with Crippen LogP contribution in [0, 0.1) is 5.82 Å². The second-order valence-electron chi connectivity index (χ2n) is 3.66. The van der Waals surface area contributed by atoms with Gasteiger partial charge in [0.05, 0.1) is 11.5 Å². The summed E-state index contributed by atoms with van der Waals surface area (Å²) in [4.78, 5) is 8.36. The van der Waals surface area contributed by atoms with E-state index in [4.69, 9.17) is 0 Å². The lowest BCUT2D eigenvalue weighted by atomic mass is 10.3. The molecule has 7 heteroatoms. The Labute approximate surface area is 104 Å². The largest absolute Gasteiger partial charge is 0.463 e. The fourth-order valence-corrected chi connectivity index (χ4v) is 2.45. The minimum atomic E-state index is -4.36. The van der Waals surface area contributed by atoms with E-state index in [0.29, 0.717) is 0 Å². The average molecular weight is 276 g/mol. The SMILES string of the molecule is CCOC(=O)C(C)(O)S(=O)(=O)c1ccc(F)cc1. The molecule has 100 valence electrons. The smallest absolute Gasteiger partial charge is 0.354 e. The molecule has 0 saturated carbocycles. The van der Waals surface area contributed by atoms with Gasteiger partial charge in [0.15, 0.2) is 0 Å². The summed E-state index contributed by atoms with van der Waals surface area (Å²) in [7, 11) is -4.36. The van der Waals surface area contributed by atoms with Gasteiger partial charge in [-0.1, -0.05) is 0 Å². The third-order valence-corrected chi connectivity index (χ3v) is 4.41. The Morgan fingerprint density at radius 2 is 1.89 bits per heavy atom. The molecule has 1 aromatic carbocycles. The molecule has 5 nitrogen and oxygen atoms in total. The van der Waals surface area contributed by atoms with Crippen molar-refractivity contribution in [3.05, 3.63) is 30.1 Å². The number of esters is 1. The zero-order valence-electron chi connectivity index (χ0n) is 9.88. The van der Waals surface area contributed by atoms with Gasteiger partial charge in [-0.05, 0) is 38.1 Å². The number of sulfone groups is 1. The third-order valence-electron chi connectivity index (χ3n) is 2.30. The van der Waals surface area contributed by atoms with E-state index in [0.717, 1.165) is 31.2 Å². The molecule has 0 bridgehead atoms. The van der Waals surface area contributed by atoms with Crippen LogP contribution in [0.2, 0.25) is 0 Å². The Morgan fingerprint density at radius 1 is 1.39 bits per heavy atom. The van der Waals surface area contributed by atoms with Crippen LogP contribution < -0.4 is 0 Å². The highest BCUT2D eigenvalue weighted by Crippen LogP contribution is 2.24. The van der Waals surface area contributed by atoms with E-state index < -0.39 is 26.6 Å². The predicted octanol–water partition coefficient (Wildman–Crippen LogP) is 0.871. The lowest BCUT2D eigenvalue weighted by molar-refractivity contribution is -0.155. The van der Waals surface area contributed by atoms with E-state index in [9.17, 15) is 22.7 Å². The van der Waals surface area contributed by atoms with Gasteiger partial charge in [-0.3, -0.25) is 0 Å². The zero-order valence-corrected chi connectivity index (χ0v) is 10.7. The van der Waals surface area contributed by atoms with Gasteiger partial charge in [-0.15, -0.1) is 0 Å². The summed E-state index contributed by atoms with van der Waals surface area (Å²) in [5.74, 6) is -1.89. The number of hydrogen-bond donors (Lipinski definition) is 1. The van der Waals surface area contributed by atoms with Gasteiger partial charge in [0, 0.05) is 0 Å². The lowest BCUT2D eigenvalue weighted by Gasteiger charge is -2.21. The van der Waals surface area contributed by atoms with Crippen molar-refractivity contribution in [3.8, 4) is 0 Å². The number of carbonyl (C=O) groups excluding carboxylic acids is 1. The number of ether oxygens (including phenoxy) is 1. The van der Waals surface area contributed by atoms with E-state index in [1.807, 2.05) is 0 Å². The number of halogens is 1. The topological polar surface area (TPSA) is 80.7 Å². The van der Waals surface area contributed by atoms with Crippen LogP contribution >= 0.6 is 0 Å². The highest BCUT2D eigenvalue weighted by Gasteiger charge is 2.47. The van der Waals surface area contributed by atoms with Crippen molar-refractivity contribution < 1.29 is 27.4 Å². The minimum absolute atomic E-state index is 0.0616. The van der Waals surface area contributed by atoms with Crippen molar-refractivity contribution >= 4 is 15.8 Å². The Morgan fingerprint density at radius 3 is 2.33 bits per heavy atom. The van der Waals surface area contributed by atoms with Gasteiger partial charge in [0.2, 0.25) is 9.84 Å². The fourth-order valence-electron chi connectivity index (χ4n) is 1.22. The molecular formula is C11H13FO5S. The predicted molar refractivity (Wildman–Crippen MR) is 60.8 cm³/mol. The molecular weight excluding hydrogens is 263 g/mol. The van der Waals surface area contributed by atoms with Gasteiger partial charge in [-0.25, -0.2) is 17.6 Å². The molecule has 0 aromatic heterocycles. The maximum Gasteiger partial charge on any atom is 0.354 e. The first-order valence-electron chi connectivity index (χ1n) is 5.13. The fraction of sp³-hybridized carbons (Fsp3) is 0.364. The number of hydrogen-bond acceptors (Lipinski definition) is 5. The average Bonchev–Trinajstić information content (AvgIpc) is 2.29. The van der Waals surface area contributed by atoms with E-state index in [2.05, 4.69) is 4.74 Å². The van der Waals surface area contributed by atoms with Crippen LogP contribution in [0.25, 0.3) is 0 Å². The van der Waals surface area contributed by atoms with Crippen LogP contribution in [0.3, 0.4) is 0 Å². The van der Waals surface area contributed by atoms with E-state index in [1.165, 1.54) is 6.92 Å². The van der Waals surface area contributed by atoms with E-state index in [1.54, 1.807) is 0 Å². The maximum absolute atomic E-state index is 12.7. The maximum atomic E-state index is 12.7. The first-order valence-corrected chi connectivity index (χ1v) is 6.61. The summed E-state index contributed by atoms with van der Waals surface area (Å²) in [6, 6.07) is 3.79. The molecule has 0 aliphatic heterocycles. The summed E-state index contributed by atoms with van der Waals surface area (Å²) >= 11 is 0. The van der Waals surface area contributed by atoms with Crippen molar-refractivity contribution in [1.82, 2.24) is 0 Å². The minimum Gasteiger partial charge on any atom is -0.463 e. The summed E-state index contributed by atoms with van der Waals surface area (Å²) in [6.07, 6.45) is 0. The van der Waals surface area contributed by atoms with Crippen LogP contribution in [-0.2, 0) is 19.4 Å². The second kappa shape index (κ2) is 5.03. The van der Waals surface area contributed by atoms with Gasteiger partial charge in [-0.2, -0.15) is 0 Å². The molecule has 0 aliphatic rings. The first kappa shape index (κ1) is 14.6. The molecule has 0 saturated heterocycles. The Kier molecular flexibility index (Phi) is 4.08. The van der Waals surface area contributed by atoms with Crippen LogP contribution in [0.1, 0.15) is 13.8 Å². The van der Waals surface area contributed by atoms with Gasteiger partial charge < -0.3 is 9.84 Å². The molecule has 0 aliphatic carbocycles. The van der Waals surface area contributed by atoms with Crippen LogP contribution in [-0.4, -0.2) is 31.0 Å². The normalized spacial score (nSPS) is 14.9. The third kappa shape index (κ3) is 2.51. The highest BCUT2D eigenvalue weighted by atomic mass is 32.2. The number of benzene rings is 1. The van der Waals surface area contributed by atoms with Crippen molar-refractivity contribution in [2.75, 3.05) is 6.61 Å². The van der Waals surface area contributed by atoms with Crippen LogP contribution in [0.4, 0.5) is 4.39 Å². The monoisotopic (exact) mass is 276 g/mol. The lowest BCUT2D eigenvalue weighted by Crippen LogP contribution is -2.44. The van der Waals surface area contributed by atoms with Gasteiger partial charge in [0.25, 0.3) is 4.93 Å². The molecule has 18 heavy (non-hydrogen) atoms. The van der Waals surface area contributed by atoms with Gasteiger partial charge >= 0.3 is 5.97 Å². The van der Waals surface area contributed by atoms with Crippen LogP contribution in [0.15, 0.2) is 29.2 Å². The summed E-state index contributed by atoms with van der Waals surface area (Å²) in [5.41, 5.74) is 0. The van der Waals surface area contributed by atoms with Crippen molar-refractivity contribution in [2.45, 2.75) is 23.7 Å². The molecule has 0 radical (unpaired) electrons. The van der Waals surface area contributed by atoms with E-state index in [-0.39, 0.29) is 11.5 Å². The highest BCUT2D eigenvalue weighted by molar-refractivity contribution is 7.93. The molecule has 1 unspecified atom stereocenters. The molecule has 0 amide bonds. The molecule has 1 rings (SSSR count). The number of rotatable bonds is 4. The molecule has 0 fully saturated rings. The van der Waals surface area contributed by atoms with Gasteiger partial charge in [0.1, 0.15) is 5.82 Å².